The molecule has 0 aromatic rings. The van der Waals surface area contributed by atoms with Gasteiger partial charge in [-0.05, 0) is 33.6 Å². The average molecular weight is 187 g/mol. The Morgan fingerprint density at radius 1 is 1.54 bits per heavy atom. The Balaban J connectivity index is 2.50. The smallest absolute Gasteiger partial charge is 0.434 e. The van der Waals surface area contributed by atoms with Crippen LogP contribution in [0.25, 0.3) is 0 Å². The van der Waals surface area contributed by atoms with Crippen LogP contribution in [0.1, 0.15) is 33.6 Å². The monoisotopic (exact) mass is 187 g/mol. The molecule has 0 aliphatic carbocycles. The van der Waals surface area contributed by atoms with Gasteiger partial charge < -0.3 is 4.74 Å². The van der Waals surface area contributed by atoms with Crippen LogP contribution in [0.4, 0.5) is 4.79 Å². The summed E-state index contributed by atoms with van der Waals surface area (Å²) < 4.78 is 4.86. The number of ether oxygens (including phenoxy) is 1. The Bertz CT molecular complexity index is 184. The number of hydroxylamine groups is 2. The minimum atomic E-state index is -0.374. The Labute approximate surface area is 78.8 Å². The Kier molecular flexibility index (Phi) is 3.54. The molecular formula is C9H17NO3. The van der Waals surface area contributed by atoms with Crippen molar-refractivity contribution in [1.29, 1.82) is 0 Å². The fraction of sp³-hybridized carbons (Fsp3) is 0.889. The van der Waals surface area contributed by atoms with E-state index in [4.69, 9.17) is 9.57 Å². The summed E-state index contributed by atoms with van der Waals surface area (Å²) in [5, 5.41) is 1.34. The summed E-state index contributed by atoms with van der Waals surface area (Å²) in [5.41, 5.74) is 0. The number of carbonyl (C=O) groups excluding carboxylic acids is 1. The van der Waals surface area contributed by atoms with Crippen LogP contribution in [-0.4, -0.2) is 29.9 Å². The zero-order valence-corrected chi connectivity index (χ0v) is 8.45. The molecule has 2 atom stereocenters. The molecule has 0 N–H and O–H groups in total. The van der Waals surface area contributed by atoms with E-state index in [-0.39, 0.29) is 18.2 Å². The van der Waals surface area contributed by atoms with Gasteiger partial charge in [-0.25, -0.2) is 4.79 Å². The third-order valence-corrected chi connectivity index (χ3v) is 2.13. The lowest BCUT2D eigenvalue weighted by molar-refractivity contribution is -0.214. The number of nitrogens with zero attached hydrogens (tertiary/aromatic N) is 1. The van der Waals surface area contributed by atoms with Crippen molar-refractivity contribution in [1.82, 2.24) is 5.06 Å². The maximum Gasteiger partial charge on any atom is 0.434 e. The van der Waals surface area contributed by atoms with Crippen molar-refractivity contribution in [3.05, 3.63) is 0 Å². The van der Waals surface area contributed by atoms with Gasteiger partial charge in [0, 0.05) is 0 Å². The first-order valence-corrected chi connectivity index (χ1v) is 4.78. The van der Waals surface area contributed by atoms with Gasteiger partial charge in [0.2, 0.25) is 0 Å². The topological polar surface area (TPSA) is 38.8 Å². The summed E-state index contributed by atoms with van der Waals surface area (Å²) in [5.74, 6) is 0. The lowest BCUT2D eigenvalue weighted by atomic mass is 10.1. The molecule has 1 saturated heterocycles. The van der Waals surface area contributed by atoms with Gasteiger partial charge in [-0.2, -0.15) is 5.06 Å². The number of hydrogen-bond acceptors (Lipinski definition) is 3. The Morgan fingerprint density at radius 2 is 2.23 bits per heavy atom. The molecule has 0 radical (unpaired) electrons. The maximum absolute atomic E-state index is 11.3. The highest BCUT2D eigenvalue weighted by Gasteiger charge is 2.29. The van der Waals surface area contributed by atoms with E-state index in [0.717, 1.165) is 12.8 Å². The highest BCUT2D eigenvalue weighted by Crippen LogP contribution is 2.20. The number of carbonyl (C=O) groups is 1. The first kappa shape index (κ1) is 10.3. The molecule has 4 heteroatoms. The predicted molar refractivity (Wildman–Crippen MR) is 48.1 cm³/mol. The highest BCUT2D eigenvalue weighted by atomic mass is 16.7. The molecule has 4 nitrogen and oxygen atoms in total. The minimum absolute atomic E-state index is 0.112. The van der Waals surface area contributed by atoms with Gasteiger partial charge in [-0.1, -0.05) is 0 Å². The van der Waals surface area contributed by atoms with E-state index < -0.39 is 0 Å². The molecule has 0 aromatic carbocycles. The second-order valence-corrected chi connectivity index (χ2v) is 3.37. The summed E-state index contributed by atoms with van der Waals surface area (Å²) in [4.78, 5) is 16.7. The number of rotatable bonds is 1. The van der Waals surface area contributed by atoms with Crippen LogP contribution in [0.5, 0.6) is 0 Å². The van der Waals surface area contributed by atoms with Crippen LogP contribution in [0, 0.1) is 0 Å². The van der Waals surface area contributed by atoms with Crippen LogP contribution in [0.3, 0.4) is 0 Å². The molecule has 76 valence electrons. The fourth-order valence-electron chi connectivity index (χ4n) is 1.35. The largest absolute Gasteiger partial charge is 0.448 e. The summed E-state index contributed by atoms with van der Waals surface area (Å²) in [6.07, 6.45) is 1.71. The fourth-order valence-corrected chi connectivity index (χ4v) is 1.35. The highest BCUT2D eigenvalue weighted by molar-refractivity contribution is 5.66. The molecule has 0 aromatic heterocycles. The van der Waals surface area contributed by atoms with E-state index in [9.17, 15) is 4.79 Å². The lowest BCUT2D eigenvalue weighted by Crippen LogP contribution is -2.45. The summed E-state index contributed by atoms with van der Waals surface area (Å²) in [6.45, 7) is 6.09. The summed E-state index contributed by atoms with van der Waals surface area (Å²) in [6, 6.07) is 0.121. The van der Waals surface area contributed by atoms with E-state index in [2.05, 4.69) is 0 Å². The molecule has 0 spiro atoms. The normalized spacial score (nSPS) is 28.7. The van der Waals surface area contributed by atoms with Crippen molar-refractivity contribution in [3.63, 3.8) is 0 Å². The SMILES string of the molecule is CCOC(=O)N1OC(C)CCC1C. The van der Waals surface area contributed by atoms with Gasteiger partial charge in [-0.15, -0.1) is 0 Å². The van der Waals surface area contributed by atoms with Gasteiger partial charge in [-0.3, -0.25) is 4.84 Å². The first-order chi connectivity index (χ1) is 6.15. The molecular weight excluding hydrogens is 170 g/mol. The van der Waals surface area contributed by atoms with E-state index in [1.165, 1.54) is 5.06 Å². The average Bonchev–Trinajstić information content (AvgIpc) is 2.09. The second kappa shape index (κ2) is 4.46. The summed E-state index contributed by atoms with van der Waals surface area (Å²) >= 11 is 0. The third kappa shape index (κ3) is 2.59. The van der Waals surface area contributed by atoms with Crippen molar-refractivity contribution < 1.29 is 14.4 Å². The van der Waals surface area contributed by atoms with E-state index in [0.29, 0.717) is 6.61 Å². The zero-order valence-electron chi connectivity index (χ0n) is 8.45. The summed E-state index contributed by atoms with van der Waals surface area (Å²) in [7, 11) is 0. The van der Waals surface area contributed by atoms with Crippen molar-refractivity contribution in [2.24, 2.45) is 0 Å². The zero-order chi connectivity index (χ0) is 9.84. The molecule has 2 unspecified atom stereocenters. The van der Waals surface area contributed by atoms with Crippen molar-refractivity contribution in [2.75, 3.05) is 6.61 Å². The van der Waals surface area contributed by atoms with Crippen LogP contribution in [0.2, 0.25) is 0 Å². The number of amides is 1. The quantitative estimate of drug-likeness (QED) is 0.629. The molecule has 1 fully saturated rings. The van der Waals surface area contributed by atoms with Crippen LogP contribution >= 0.6 is 0 Å². The minimum Gasteiger partial charge on any atom is -0.448 e. The van der Waals surface area contributed by atoms with Crippen molar-refractivity contribution in [2.45, 2.75) is 45.8 Å². The van der Waals surface area contributed by atoms with Gasteiger partial charge in [0.25, 0.3) is 0 Å². The van der Waals surface area contributed by atoms with Crippen LogP contribution in [0.15, 0.2) is 0 Å². The Hall–Kier alpha value is -0.770. The molecule has 1 aliphatic heterocycles. The van der Waals surface area contributed by atoms with Crippen molar-refractivity contribution >= 4 is 6.09 Å². The van der Waals surface area contributed by atoms with E-state index in [1.807, 2.05) is 13.8 Å². The molecule has 1 aliphatic rings. The molecule has 13 heavy (non-hydrogen) atoms. The molecule has 0 saturated carbocycles. The maximum atomic E-state index is 11.3. The lowest BCUT2D eigenvalue weighted by Gasteiger charge is -2.34. The van der Waals surface area contributed by atoms with Crippen molar-refractivity contribution in [3.8, 4) is 0 Å². The van der Waals surface area contributed by atoms with Crippen LogP contribution in [-0.2, 0) is 9.57 Å². The third-order valence-electron chi connectivity index (χ3n) is 2.13. The van der Waals surface area contributed by atoms with Crippen LogP contribution < -0.4 is 0 Å². The van der Waals surface area contributed by atoms with Gasteiger partial charge >= 0.3 is 6.09 Å². The molecule has 1 rings (SSSR count). The van der Waals surface area contributed by atoms with Gasteiger partial charge in [0.1, 0.15) is 0 Å². The second-order valence-electron chi connectivity index (χ2n) is 3.37. The van der Waals surface area contributed by atoms with Gasteiger partial charge in [0.05, 0.1) is 18.8 Å². The predicted octanol–water partition coefficient (Wildman–Crippen LogP) is 1.95. The Morgan fingerprint density at radius 3 is 2.85 bits per heavy atom. The standard InChI is InChI=1S/C9H17NO3/c1-4-12-9(11)10-7(2)5-6-8(3)13-10/h7-8H,4-6H2,1-3H3. The van der Waals surface area contributed by atoms with E-state index in [1.54, 1.807) is 6.92 Å². The number of hydrogen-bond donors (Lipinski definition) is 0. The molecule has 0 bridgehead atoms. The molecule has 1 amide bonds. The van der Waals surface area contributed by atoms with Gasteiger partial charge in [0.15, 0.2) is 0 Å². The van der Waals surface area contributed by atoms with E-state index >= 15 is 0 Å². The first-order valence-electron chi connectivity index (χ1n) is 4.78. The molecule has 1 heterocycles.